The number of nitrogens with zero attached hydrogens (tertiary/aromatic N) is 4. The number of anilines is 1. The summed E-state index contributed by atoms with van der Waals surface area (Å²) in [5.74, 6) is 0.109. The Morgan fingerprint density at radius 1 is 1.14 bits per heavy atom. The third kappa shape index (κ3) is 3.67. The van der Waals surface area contributed by atoms with Crippen molar-refractivity contribution in [2.45, 2.75) is 32.9 Å². The summed E-state index contributed by atoms with van der Waals surface area (Å²) in [5.41, 5.74) is 1.77. The van der Waals surface area contributed by atoms with E-state index in [0.29, 0.717) is 16.9 Å². The maximum atomic E-state index is 12.7. The van der Waals surface area contributed by atoms with E-state index in [1.165, 1.54) is 10.9 Å². The number of aromatic nitrogens is 4. The zero-order chi connectivity index (χ0) is 20.8. The van der Waals surface area contributed by atoms with Gasteiger partial charge in [0.05, 0.1) is 28.3 Å². The minimum Gasteiger partial charge on any atom is -0.305 e. The van der Waals surface area contributed by atoms with E-state index >= 15 is 0 Å². The van der Waals surface area contributed by atoms with Crippen LogP contribution in [0.25, 0.3) is 21.9 Å². The highest BCUT2D eigenvalue weighted by molar-refractivity contribution is 9.10. The first-order valence-corrected chi connectivity index (χ1v) is 9.96. The molecular formula is C21H20BrN5O2. The van der Waals surface area contributed by atoms with Gasteiger partial charge in [0, 0.05) is 10.0 Å². The van der Waals surface area contributed by atoms with Gasteiger partial charge in [-0.25, -0.2) is 9.97 Å². The smallest absolute Gasteiger partial charge is 0.261 e. The number of carbonyl (C=O) groups is 1. The Kier molecular flexibility index (Phi) is 4.74. The van der Waals surface area contributed by atoms with Crippen molar-refractivity contribution in [2.24, 2.45) is 0 Å². The standard InChI is InChI=1S/C21H20BrN5O2/c1-21(2,3)27-17-7-5-4-6-16(17)24-20(27)25-18(28)11-26-12-23-15-9-8-13(22)10-14(15)19(26)29/h4-10,12H,11H2,1-3H3,(H,24,25,28). The first-order valence-electron chi connectivity index (χ1n) is 9.16. The second kappa shape index (κ2) is 7.11. The zero-order valence-corrected chi connectivity index (χ0v) is 17.9. The molecule has 2 aromatic carbocycles. The SMILES string of the molecule is CC(C)(C)n1c(NC(=O)Cn2cnc3ccc(Br)cc3c2=O)nc2ccccc21. The third-order valence-electron chi connectivity index (χ3n) is 4.58. The Balaban J connectivity index is 1.67. The van der Waals surface area contributed by atoms with Crippen LogP contribution in [-0.4, -0.2) is 25.0 Å². The molecule has 0 aliphatic heterocycles. The number of imidazole rings is 1. The summed E-state index contributed by atoms with van der Waals surface area (Å²) in [7, 11) is 0. The van der Waals surface area contributed by atoms with Crippen molar-refractivity contribution < 1.29 is 4.79 Å². The fourth-order valence-corrected chi connectivity index (χ4v) is 3.71. The van der Waals surface area contributed by atoms with Crippen LogP contribution in [0.2, 0.25) is 0 Å². The van der Waals surface area contributed by atoms with E-state index in [-0.39, 0.29) is 23.6 Å². The molecule has 0 radical (unpaired) electrons. The van der Waals surface area contributed by atoms with Crippen LogP contribution in [0.1, 0.15) is 20.8 Å². The Morgan fingerprint density at radius 2 is 1.90 bits per heavy atom. The fourth-order valence-electron chi connectivity index (χ4n) is 3.35. The average Bonchev–Trinajstić information content (AvgIpc) is 3.02. The van der Waals surface area contributed by atoms with Crippen LogP contribution in [0, 0.1) is 0 Å². The summed E-state index contributed by atoms with van der Waals surface area (Å²) in [6, 6.07) is 13.0. The minimum atomic E-state index is -0.343. The molecule has 0 bridgehead atoms. The van der Waals surface area contributed by atoms with Gasteiger partial charge in [0.1, 0.15) is 6.54 Å². The molecule has 2 heterocycles. The van der Waals surface area contributed by atoms with Crippen LogP contribution in [-0.2, 0) is 16.9 Å². The number of nitrogens with one attached hydrogen (secondary N) is 1. The molecule has 0 saturated heterocycles. The molecular weight excluding hydrogens is 434 g/mol. The highest BCUT2D eigenvalue weighted by atomic mass is 79.9. The van der Waals surface area contributed by atoms with Crippen LogP contribution in [0.3, 0.4) is 0 Å². The number of carbonyl (C=O) groups excluding carboxylic acids is 1. The lowest BCUT2D eigenvalue weighted by molar-refractivity contribution is -0.116. The molecule has 0 fully saturated rings. The van der Waals surface area contributed by atoms with Gasteiger partial charge in [0.15, 0.2) is 0 Å². The molecule has 29 heavy (non-hydrogen) atoms. The Hall–Kier alpha value is -3.00. The number of amides is 1. The van der Waals surface area contributed by atoms with E-state index < -0.39 is 0 Å². The molecule has 1 N–H and O–H groups in total. The van der Waals surface area contributed by atoms with Crippen LogP contribution in [0.15, 0.2) is 58.1 Å². The van der Waals surface area contributed by atoms with E-state index in [1.807, 2.05) is 55.7 Å². The van der Waals surface area contributed by atoms with Crippen molar-refractivity contribution in [3.05, 3.63) is 63.6 Å². The van der Waals surface area contributed by atoms with E-state index in [0.717, 1.165) is 15.5 Å². The highest BCUT2D eigenvalue weighted by Crippen LogP contribution is 2.27. The van der Waals surface area contributed by atoms with Gasteiger partial charge >= 0.3 is 0 Å². The van der Waals surface area contributed by atoms with Crippen LogP contribution in [0.5, 0.6) is 0 Å². The first-order chi connectivity index (χ1) is 13.7. The number of para-hydroxylation sites is 2. The van der Waals surface area contributed by atoms with Gasteiger partial charge in [-0.05, 0) is 51.1 Å². The largest absolute Gasteiger partial charge is 0.305 e. The maximum absolute atomic E-state index is 12.7. The van der Waals surface area contributed by atoms with E-state index in [4.69, 9.17) is 0 Å². The van der Waals surface area contributed by atoms with Crippen molar-refractivity contribution in [1.82, 2.24) is 19.1 Å². The molecule has 4 rings (SSSR count). The zero-order valence-electron chi connectivity index (χ0n) is 16.3. The number of rotatable bonds is 3. The van der Waals surface area contributed by atoms with Crippen LogP contribution >= 0.6 is 15.9 Å². The van der Waals surface area contributed by atoms with Gasteiger partial charge in [-0.2, -0.15) is 0 Å². The fraction of sp³-hybridized carbons (Fsp3) is 0.238. The van der Waals surface area contributed by atoms with Crippen molar-refractivity contribution in [3.8, 4) is 0 Å². The minimum absolute atomic E-state index is 0.151. The van der Waals surface area contributed by atoms with Gasteiger partial charge in [-0.15, -0.1) is 0 Å². The molecule has 1 amide bonds. The number of hydrogen-bond donors (Lipinski definition) is 1. The predicted molar refractivity (Wildman–Crippen MR) is 117 cm³/mol. The normalized spacial score (nSPS) is 11.9. The molecule has 0 aliphatic carbocycles. The summed E-state index contributed by atoms with van der Waals surface area (Å²) >= 11 is 3.36. The summed E-state index contributed by atoms with van der Waals surface area (Å²) in [6.45, 7) is 5.99. The van der Waals surface area contributed by atoms with Gasteiger partial charge in [-0.3, -0.25) is 19.5 Å². The third-order valence-corrected chi connectivity index (χ3v) is 5.08. The van der Waals surface area contributed by atoms with Gasteiger partial charge in [0.2, 0.25) is 11.9 Å². The number of fused-ring (bicyclic) bond motifs is 2. The monoisotopic (exact) mass is 453 g/mol. The van der Waals surface area contributed by atoms with Gasteiger partial charge < -0.3 is 4.57 Å². The molecule has 0 aliphatic rings. The topological polar surface area (TPSA) is 81.8 Å². The lowest BCUT2D eigenvalue weighted by Gasteiger charge is -2.24. The number of halogens is 1. The molecule has 8 heteroatoms. The molecule has 0 saturated carbocycles. The van der Waals surface area contributed by atoms with Crippen molar-refractivity contribution >= 4 is 49.7 Å². The molecule has 0 atom stereocenters. The maximum Gasteiger partial charge on any atom is 0.261 e. The first kappa shape index (κ1) is 19.3. The quantitative estimate of drug-likeness (QED) is 0.509. The summed E-state index contributed by atoms with van der Waals surface area (Å²) in [4.78, 5) is 34.3. The molecule has 7 nitrogen and oxygen atoms in total. The van der Waals surface area contributed by atoms with E-state index in [1.54, 1.807) is 12.1 Å². The predicted octanol–water partition coefficient (Wildman–Crippen LogP) is 3.90. The second-order valence-electron chi connectivity index (χ2n) is 7.82. The molecule has 0 spiro atoms. The van der Waals surface area contributed by atoms with Crippen LogP contribution < -0.4 is 10.9 Å². The Bertz CT molecular complexity index is 1300. The lowest BCUT2D eigenvalue weighted by atomic mass is 10.1. The van der Waals surface area contributed by atoms with Crippen LogP contribution in [0.4, 0.5) is 5.95 Å². The van der Waals surface area contributed by atoms with E-state index in [9.17, 15) is 9.59 Å². The average molecular weight is 454 g/mol. The van der Waals surface area contributed by atoms with Crippen molar-refractivity contribution in [1.29, 1.82) is 0 Å². The summed E-state index contributed by atoms with van der Waals surface area (Å²) in [5, 5.41) is 3.31. The Morgan fingerprint density at radius 3 is 2.66 bits per heavy atom. The molecule has 148 valence electrons. The molecule has 0 unspecified atom stereocenters. The van der Waals surface area contributed by atoms with Crippen molar-refractivity contribution in [3.63, 3.8) is 0 Å². The Labute approximate surface area is 175 Å². The van der Waals surface area contributed by atoms with E-state index in [2.05, 4.69) is 31.2 Å². The number of benzene rings is 2. The highest BCUT2D eigenvalue weighted by Gasteiger charge is 2.22. The van der Waals surface area contributed by atoms with Gasteiger partial charge in [0.25, 0.3) is 5.56 Å². The van der Waals surface area contributed by atoms with Gasteiger partial charge in [-0.1, -0.05) is 28.1 Å². The summed E-state index contributed by atoms with van der Waals surface area (Å²) < 4.78 is 4.07. The summed E-state index contributed by atoms with van der Waals surface area (Å²) in [6.07, 6.45) is 1.39. The second-order valence-corrected chi connectivity index (χ2v) is 8.73. The molecule has 2 aromatic heterocycles. The number of hydrogen-bond acceptors (Lipinski definition) is 4. The van der Waals surface area contributed by atoms with Crippen molar-refractivity contribution in [2.75, 3.05) is 5.32 Å². The lowest BCUT2D eigenvalue weighted by Crippen LogP contribution is -2.30. The molecule has 4 aromatic rings.